The van der Waals surface area contributed by atoms with Crippen molar-refractivity contribution in [1.82, 2.24) is 0 Å². The Bertz CT molecular complexity index is 216. The molecule has 76 valence electrons. The van der Waals surface area contributed by atoms with Crippen molar-refractivity contribution in [2.45, 2.75) is 38.0 Å². The number of alkyl halides is 3. The van der Waals surface area contributed by atoms with Crippen LogP contribution in [0.4, 0.5) is 13.2 Å². The molecule has 1 rings (SSSR count). The molecule has 0 saturated heterocycles. The van der Waals surface area contributed by atoms with E-state index in [1.54, 1.807) is 6.92 Å². The van der Waals surface area contributed by atoms with Crippen molar-refractivity contribution >= 4 is 5.78 Å². The van der Waals surface area contributed by atoms with E-state index < -0.39 is 30.5 Å². The van der Waals surface area contributed by atoms with Crippen LogP contribution in [-0.2, 0) is 4.79 Å². The Hall–Kier alpha value is -0.580. The third kappa shape index (κ3) is 1.70. The molecule has 1 saturated carbocycles. The van der Waals surface area contributed by atoms with Gasteiger partial charge in [0.05, 0.1) is 0 Å². The van der Waals surface area contributed by atoms with Gasteiger partial charge in [-0.05, 0) is 12.8 Å². The summed E-state index contributed by atoms with van der Waals surface area (Å²) in [7, 11) is 0. The first-order chi connectivity index (χ1) is 5.80. The highest BCUT2D eigenvalue weighted by atomic mass is 19.4. The molecule has 0 aromatic heterocycles. The molecule has 0 aromatic rings. The molecule has 0 atom stereocenters. The fourth-order valence-electron chi connectivity index (χ4n) is 1.50. The quantitative estimate of drug-likeness (QED) is 0.729. The van der Waals surface area contributed by atoms with Gasteiger partial charge in [-0.3, -0.25) is 4.79 Å². The second-order valence-corrected chi connectivity index (χ2v) is 3.45. The molecular formula is C8H11F3O2. The van der Waals surface area contributed by atoms with Crippen molar-refractivity contribution in [2.24, 2.45) is 5.92 Å². The molecule has 0 aliphatic heterocycles. The lowest BCUT2D eigenvalue weighted by Crippen LogP contribution is -2.56. The molecule has 0 heterocycles. The van der Waals surface area contributed by atoms with Gasteiger partial charge in [-0.25, -0.2) is 0 Å². The maximum absolute atomic E-state index is 12.1. The lowest BCUT2D eigenvalue weighted by Gasteiger charge is -2.43. The Morgan fingerprint density at radius 3 is 2.31 bits per heavy atom. The molecule has 0 spiro atoms. The van der Waals surface area contributed by atoms with E-state index in [-0.39, 0.29) is 12.2 Å². The van der Waals surface area contributed by atoms with Gasteiger partial charge in [0.25, 0.3) is 0 Å². The monoisotopic (exact) mass is 196 g/mol. The summed E-state index contributed by atoms with van der Waals surface area (Å²) in [5.41, 5.74) is -2.61. The van der Waals surface area contributed by atoms with Gasteiger partial charge in [-0.2, -0.15) is 13.2 Å². The summed E-state index contributed by atoms with van der Waals surface area (Å²) in [4.78, 5) is 10.9. The predicted octanol–water partition coefficient (Wildman–Crippen LogP) is 1.67. The summed E-state index contributed by atoms with van der Waals surface area (Å²) < 4.78 is 36.2. The predicted molar refractivity (Wildman–Crippen MR) is 39.0 cm³/mol. The van der Waals surface area contributed by atoms with Gasteiger partial charge in [-0.15, -0.1) is 0 Å². The van der Waals surface area contributed by atoms with Crippen LogP contribution in [0.15, 0.2) is 0 Å². The molecule has 2 nitrogen and oxygen atoms in total. The minimum atomic E-state index is -4.60. The molecule has 0 bridgehead atoms. The van der Waals surface area contributed by atoms with E-state index >= 15 is 0 Å². The van der Waals surface area contributed by atoms with Crippen LogP contribution in [0.25, 0.3) is 0 Å². The van der Waals surface area contributed by atoms with Gasteiger partial charge in [0.1, 0.15) is 5.78 Å². The molecule has 13 heavy (non-hydrogen) atoms. The summed E-state index contributed by atoms with van der Waals surface area (Å²) in [5, 5.41) is 8.98. The molecule has 5 heteroatoms. The zero-order chi connectivity index (χ0) is 10.3. The number of ketones is 1. The van der Waals surface area contributed by atoms with Crippen LogP contribution >= 0.6 is 0 Å². The number of hydrogen-bond donors (Lipinski definition) is 1. The van der Waals surface area contributed by atoms with Crippen LogP contribution in [0.1, 0.15) is 26.2 Å². The molecule has 0 radical (unpaired) electrons. The van der Waals surface area contributed by atoms with Gasteiger partial charge in [0.2, 0.25) is 0 Å². The minimum absolute atomic E-state index is 0.200. The van der Waals surface area contributed by atoms with Gasteiger partial charge >= 0.3 is 6.18 Å². The third-order valence-electron chi connectivity index (χ3n) is 2.50. The Balaban J connectivity index is 2.53. The summed E-state index contributed by atoms with van der Waals surface area (Å²) in [6, 6.07) is 0. The number of Topliss-reactive ketones (excluding diaryl/α,β-unsaturated/α-hetero) is 1. The molecule has 0 unspecified atom stereocenters. The Morgan fingerprint density at radius 2 is 2.00 bits per heavy atom. The number of hydrogen-bond acceptors (Lipinski definition) is 2. The first-order valence-corrected chi connectivity index (χ1v) is 4.12. The highest BCUT2D eigenvalue weighted by Gasteiger charge is 2.62. The van der Waals surface area contributed by atoms with Crippen molar-refractivity contribution < 1.29 is 23.1 Å². The molecule has 0 aromatic carbocycles. The molecule has 0 amide bonds. The SMILES string of the molecule is CCC(=O)[C@H]1C[C@](O)(C(F)(F)F)C1. The Kier molecular flexibility index (Phi) is 2.40. The normalized spacial score (nSPS) is 34.1. The van der Waals surface area contributed by atoms with Crippen LogP contribution in [0.5, 0.6) is 0 Å². The maximum Gasteiger partial charge on any atom is 0.417 e. The smallest absolute Gasteiger partial charge is 0.380 e. The van der Waals surface area contributed by atoms with Crippen molar-refractivity contribution in [3.63, 3.8) is 0 Å². The highest BCUT2D eigenvalue weighted by molar-refractivity contribution is 5.82. The van der Waals surface area contributed by atoms with Crippen LogP contribution in [-0.4, -0.2) is 22.7 Å². The standard InChI is InChI=1S/C8H11F3O2/c1-2-6(12)5-3-7(13,4-5)8(9,10)11/h5,13H,2-4H2,1H3/t5-,7+. The summed E-state index contributed by atoms with van der Waals surface area (Å²) >= 11 is 0. The van der Waals surface area contributed by atoms with Crippen molar-refractivity contribution in [3.05, 3.63) is 0 Å². The van der Waals surface area contributed by atoms with Gasteiger partial charge < -0.3 is 5.11 Å². The summed E-state index contributed by atoms with van der Waals surface area (Å²) in [6.45, 7) is 1.60. The second-order valence-electron chi connectivity index (χ2n) is 3.45. The Morgan fingerprint density at radius 1 is 1.54 bits per heavy atom. The number of aliphatic hydroxyl groups is 1. The fraction of sp³-hybridized carbons (Fsp3) is 0.875. The first-order valence-electron chi connectivity index (χ1n) is 4.12. The molecule has 1 aliphatic carbocycles. The lowest BCUT2D eigenvalue weighted by atomic mass is 9.68. The summed E-state index contributed by atoms with van der Waals surface area (Å²) in [5.74, 6) is -0.800. The van der Waals surface area contributed by atoms with E-state index in [2.05, 4.69) is 0 Å². The topological polar surface area (TPSA) is 37.3 Å². The number of carbonyl (C=O) groups is 1. The number of rotatable bonds is 2. The number of halogens is 3. The largest absolute Gasteiger partial charge is 0.417 e. The molecule has 1 fully saturated rings. The Labute approximate surface area is 73.7 Å². The van der Waals surface area contributed by atoms with E-state index in [1.165, 1.54) is 0 Å². The minimum Gasteiger partial charge on any atom is -0.380 e. The van der Waals surface area contributed by atoms with Crippen LogP contribution in [0.3, 0.4) is 0 Å². The van der Waals surface area contributed by atoms with E-state index in [1.807, 2.05) is 0 Å². The van der Waals surface area contributed by atoms with Crippen LogP contribution < -0.4 is 0 Å². The van der Waals surface area contributed by atoms with Gasteiger partial charge in [0.15, 0.2) is 5.60 Å². The average Bonchev–Trinajstić information content (AvgIpc) is 1.95. The van der Waals surface area contributed by atoms with E-state index in [0.29, 0.717) is 0 Å². The zero-order valence-corrected chi connectivity index (χ0v) is 7.19. The van der Waals surface area contributed by atoms with E-state index in [9.17, 15) is 18.0 Å². The molecule has 1 N–H and O–H groups in total. The van der Waals surface area contributed by atoms with Crippen molar-refractivity contribution in [3.8, 4) is 0 Å². The molecule has 1 aliphatic rings. The molecular weight excluding hydrogens is 185 g/mol. The highest BCUT2D eigenvalue weighted by Crippen LogP contribution is 2.48. The first kappa shape index (κ1) is 10.5. The van der Waals surface area contributed by atoms with Crippen LogP contribution in [0, 0.1) is 5.92 Å². The van der Waals surface area contributed by atoms with Crippen molar-refractivity contribution in [2.75, 3.05) is 0 Å². The van der Waals surface area contributed by atoms with Crippen LogP contribution in [0.2, 0.25) is 0 Å². The average molecular weight is 196 g/mol. The number of carbonyl (C=O) groups excluding carboxylic acids is 1. The van der Waals surface area contributed by atoms with Gasteiger partial charge in [0, 0.05) is 12.3 Å². The lowest BCUT2D eigenvalue weighted by molar-refractivity contribution is -0.295. The fourth-order valence-corrected chi connectivity index (χ4v) is 1.50. The van der Waals surface area contributed by atoms with E-state index in [0.717, 1.165) is 0 Å². The second kappa shape index (κ2) is 2.97. The summed E-state index contributed by atoms with van der Waals surface area (Å²) in [6.07, 6.45) is -5.30. The zero-order valence-electron chi connectivity index (χ0n) is 7.19. The van der Waals surface area contributed by atoms with E-state index in [4.69, 9.17) is 5.11 Å². The third-order valence-corrected chi connectivity index (χ3v) is 2.50. The maximum atomic E-state index is 12.1. The van der Waals surface area contributed by atoms with Gasteiger partial charge in [-0.1, -0.05) is 6.92 Å². The van der Waals surface area contributed by atoms with Crippen molar-refractivity contribution in [1.29, 1.82) is 0 Å².